The number of hydrogen-bond acceptors (Lipinski definition) is 5. The highest BCUT2D eigenvalue weighted by atomic mass is 16.5. The fourth-order valence-electron chi connectivity index (χ4n) is 4.33. The molecule has 1 aliphatic carbocycles. The third-order valence-corrected chi connectivity index (χ3v) is 6.78. The number of rotatable bonds is 10. The van der Waals surface area contributed by atoms with Crippen molar-refractivity contribution in [2.45, 2.75) is 50.6 Å². The van der Waals surface area contributed by atoms with Crippen molar-refractivity contribution in [2.24, 2.45) is 5.92 Å². The van der Waals surface area contributed by atoms with Crippen LogP contribution in [0.4, 0.5) is 11.4 Å². The lowest BCUT2D eigenvalue weighted by Crippen LogP contribution is -2.43. The molecule has 34 heavy (non-hydrogen) atoms. The summed E-state index contributed by atoms with van der Waals surface area (Å²) < 4.78 is 5.17. The quantitative estimate of drug-likeness (QED) is 0.493. The zero-order valence-corrected chi connectivity index (χ0v) is 20.2. The summed E-state index contributed by atoms with van der Waals surface area (Å²) >= 11 is 0. The second-order valence-electron chi connectivity index (χ2n) is 9.56. The molecule has 1 unspecified atom stereocenters. The van der Waals surface area contributed by atoms with Crippen molar-refractivity contribution >= 4 is 23.2 Å². The van der Waals surface area contributed by atoms with E-state index in [4.69, 9.17) is 4.74 Å². The van der Waals surface area contributed by atoms with Crippen LogP contribution in [-0.2, 0) is 4.79 Å². The van der Waals surface area contributed by atoms with Gasteiger partial charge >= 0.3 is 0 Å². The fourth-order valence-corrected chi connectivity index (χ4v) is 4.33. The van der Waals surface area contributed by atoms with E-state index in [9.17, 15) is 9.59 Å². The Kier molecular flexibility index (Phi) is 8.06. The van der Waals surface area contributed by atoms with Gasteiger partial charge < -0.3 is 25.6 Å². The minimum absolute atomic E-state index is 0.195. The number of hydrogen-bond donors (Lipinski definition) is 3. The molecular weight excluding hydrogens is 428 g/mol. The first-order chi connectivity index (χ1) is 16.5. The van der Waals surface area contributed by atoms with Gasteiger partial charge in [0.25, 0.3) is 5.91 Å². The molecule has 1 saturated heterocycles. The summed E-state index contributed by atoms with van der Waals surface area (Å²) in [6.45, 7) is 2.19. The first kappa shape index (κ1) is 24.1. The molecule has 4 rings (SSSR count). The number of carbonyl (C=O) groups excluding carboxylic acids is 2. The summed E-state index contributed by atoms with van der Waals surface area (Å²) in [5.41, 5.74) is 2.26. The molecule has 7 heteroatoms. The van der Waals surface area contributed by atoms with Gasteiger partial charge in [-0.3, -0.25) is 9.59 Å². The van der Waals surface area contributed by atoms with Crippen LogP contribution >= 0.6 is 0 Å². The molecule has 182 valence electrons. The van der Waals surface area contributed by atoms with E-state index < -0.39 is 6.04 Å². The molecule has 1 saturated carbocycles. The first-order valence-electron chi connectivity index (χ1n) is 12.3. The minimum Gasteiger partial charge on any atom is -0.497 e. The second kappa shape index (κ2) is 11.4. The van der Waals surface area contributed by atoms with E-state index in [2.05, 4.69) is 27.9 Å². The van der Waals surface area contributed by atoms with Gasteiger partial charge in [0.05, 0.1) is 7.11 Å². The van der Waals surface area contributed by atoms with Crippen molar-refractivity contribution in [1.82, 2.24) is 10.2 Å². The van der Waals surface area contributed by atoms with Crippen LogP contribution in [0.25, 0.3) is 0 Å². The van der Waals surface area contributed by atoms with Crippen LogP contribution in [-0.4, -0.2) is 56.0 Å². The SMILES string of the molecule is COc1ccc(NC(=O)C(CCC2CC2)NC(=O)c2ccc(NC3CCN(C)CC3)cc2)cc1. The third-order valence-electron chi connectivity index (χ3n) is 6.78. The summed E-state index contributed by atoms with van der Waals surface area (Å²) in [5.74, 6) is 0.986. The molecule has 1 aliphatic heterocycles. The number of nitrogens with one attached hydrogen (secondary N) is 3. The molecule has 1 heterocycles. The maximum atomic E-state index is 13.0. The monoisotopic (exact) mass is 464 g/mol. The zero-order valence-electron chi connectivity index (χ0n) is 20.2. The van der Waals surface area contributed by atoms with E-state index >= 15 is 0 Å². The van der Waals surface area contributed by atoms with Gasteiger partial charge in [0.2, 0.25) is 5.91 Å². The summed E-state index contributed by atoms with van der Waals surface area (Å²) in [7, 11) is 3.76. The van der Waals surface area contributed by atoms with Gasteiger partial charge in [-0.25, -0.2) is 0 Å². The van der Waals surface area contributed by atoms with Gasteiger partial charge in [0.15, 0.2) is 0 Å². The average molecular weight is 465 g/mol. The Morgan fingerprint density at radius 2 is 1.62 bits per heavy atom. The fraction of sp³-hybridized carbons (Fsp3) is 0.481. The summed E-state index contributed by atoms with van der Waals surface area (Å²) in [6, 6.07) is 14.6. The van der Waals surface area contributed by atoms with Gasteiger partial charge in [0, 0.05) is 23.0 Å². The van der Waals surface area contributed by atoms with Crippen LogP contribution in [0.2, 0.25) is 0 Å². The topological polar surface area (TPSA) is 82.7 Å². The first-order valence-corrected chi connectivity index (χ1v) is 12.3. The van der Waals surface area contributed by atoms with E-state index in [1.165, 1.54) is 12.8 Å². The molecule has 0 radical (unpaired) electrons. The van der Waals surface area contributed by atoms with Crippen molar-refractivity contribution in [1.29, 1.82) is 0 Å². The molecule has 0 spiro atoms. The van der Waals surface area contributed by atoms with Crippen LogP contribution in [0.15, 0.2) is 48.5 Å². The Bertz CT molecular complexity index is 949. The summed E-state index contributed by atoms with van der Waals surface area (Å²) in [4.78, 5) is 28.3. The molecule has 0 aromatic heterocycles. The number of carbonyl (C=O) groups is 2. The van der Waals surface area contributed by atoms with E-state index in [0.717, 1.165) is 43.8 Å². The number of nitrogens with zero attached hydrogens (tertiary/aromatic N) is 1. The molecule has 3 N–H and O–H groups in total. The lowest BCUT2D eigenvalue weighted by molar-refractivity contribution is -0.118. The highest BCUT2D eigenvalue weighted by Crippen LogP contribution is 2.34. The van der Waals surface area contributed by atoms with Gasteiger partial charge in [0.1, 0.15) is 11.8 Å². The molecule has 7 nitrogen and oxygen atoms in total. The summed E-state index contributed by atoms with van der Waals surface area (Å²) in [5, 5.41) is 9.46. The number of ether oxygens (including phenoxy) is 1. The van der Waals surface area contributed by atoms with Crippen molar-refractivity contribution in [3.8, 4) is 5.75 Å². The predicted octanol–water partition coefficient (Wildman–Crippen LogP) is 4.13. The molecule has 2 amide bonds. The van der Waals surface area contributed by atoms with Crippen molar-refractivity contribution in [3.05, 3.63) is 54.1 Å². The number of likely N-dealkylation sites (tertiary alicyclic amines) is 1. The van der Waals surface area contributed by atoms with Crippen molar-refractivity contribution < 1.29 is 14.3 Å². The number of amides is 2. The van der Waals surface area contributed by atoms with Crippen molar-refractivity contribution in [2.75, 3.05) is 37.9 Å². The Morgan fingerprint density at radius 3 is 2.24 bits per heavy atom. The van der Waals surface area contributed by atoms with Crippen LogP contribution in [0.1, 0.15) is 48.9 Å². The predicted molar refractivity (Wildman–Crippen MR) is 135 cm³/mol. The molecular formula is C27H36N4O3. The van der Waals surface area contributed by atoms with E-state index in [0.29, 0.717) is 29.6 Å². The molecule has 1 atom stereocenters. The number of methoxy groups -OCH3 is 1. The Balaban J connectivity index is 1.34. The van der Waals surface area contributed by atoms with Gasteiger partial charge in [-0.15, -0.1) is 0 Å². The highest BCUT2D eigenvalue weighted by molar-refractivity contribution is 6.01. The molecule has 2 aromatic rings. The largest absolute Gasteiger partial charge is 0.497 e. The second-order valence-corrected chi connectivity index (χ2v) is 9.56. The minimum atomic E-state index is -0.577. The van der Waals surface area contributed by atoms with Gasteiger partial charge in [-0.2, -0.15) is 0 Å². The van der Waals surface area contributed by atoms with Crippen LogP contribution in [0.5, 0.6) is 5.75 Å². The molecule has 2 aliphatic rings. The molecule has 2 aromatic carbocycles. The van der Waals surface area contributed by atoms with Gasteiger partial charge in [-0.1, -0.05) is 12.8 Å². The third kappa shape index (κ3) is 6.97. The highest BCUT2D eigenvalue weighted by Gasteiger charge is 2.27. The Labute approximate surface area is 202 Å². The molecule has 0 bridgehead atoms. The number of benzene rings is 2. The van der Waals surface area contributed by atoms with Crippen LogP contribution in [0.3, 0.4) is 0 Å². The maximum absolute atomic E-state index is 13.0. The van der Waals surface area contributed by atoms with Crippen LogP contribution < -0.4 is 20.7 Å². The lowest BCUT2D eigenvalue weighted by Gasteiger charge is -2.30. The maximum Gasteiger partial charge on any atom is 0.251 e. The Morgan fingerprint density at radius 1 is 0.971 bits per heavy atom. The average Bonchev–Trinajstić information content (AvgIpc) is 3.68. The normalized spacial score (nSPS) is 17.6. The zero-order chi connectivity index (χ0) is 23.9. The Hall–Kier alpha value is -3.06. The number of piperidine rings is 1. The molecule has 2 fully saturated rings. The van der Waals surface area contributed by atoms with Crippen molar-refractivity contribution in [3.63, 3.8) is 0 Å². The summed E-state index contributed by atoms with van der Waals surface area (Å²) in [6.07, 6.45) is 6.24. The smallest absolute Gasteiger partial charge is 0.251 e. The van der Waals surface area contributed by atoms with E-state index in [1.54, 1.807) is 31.4 Å². The van der Waals surface area contributed by atoms with Crippen LogP contribution in [0, 0.1) is 5.92 Å². The standard InChI is InChI=1S/C27H36N4O3/c1-31-17-15-23(16-18-31)28-21-8-6-20(7-9-21)26(32)30-25(14-5-19-3-4-19)27(33)29-22-10-12-24(34-2)13-11-22/h6-13,19,23,25,28H,3-5,14-18H2,1-2H3,(H,29,33)(H,30,32). The van der Waals surface area contributed by atoms with Gasteiger partial charge in [-0.05, 0) is 100 Å². The van der Waals surface area contributed by atoms with E-state index in [-0.39, 0.29) is 11.8 Å². The number of anilines is 2. The van der Waals surface area contributed by atoms with E-state index in [1.807, 2.05) is 24.3 Å². The lowest BCUT2D eigenvalue weighted by atomic mass is 10.0.